The topological polar surface area (TPSA) is 47.0 Å². The lowest BCUT2D eigenvalue weighted by atomic mass is 10.5. The molecule has 0 spiro atoms. The van der Waals surface area contributed by atoms with Gasteiger partial charge >= 0.3 is 0 Å². The summed E-state index contributed by atoms with van der Waals surface area (Å²) in [7, 11) is 0. The number of nitrogens with one attached hydrogen (secondary N) is 1. The fraction of sp³-hybridized carbons (Fsp3) is 0.600. The summed E-state index contributed by atoms with van der Waals surface area (Å²) >= 11 is 0. The van der Waals surface area contributed by atoms with Gasteiger partial charge in [0.25, 0.3) is 0 Å². The molecule has 0 amide bonds. The minimum absolute atomic E-state index is 0.640. The van der Waals surface area contributed by atoms with Crippen LogP contribution in [0.3, 0.4) is 0 Å². The van der Waals surface area contributed by atoms with Gasteiger partial charge in [-0.1, -0.05) is 0 Å². The van der Waals surface area contributed by atoms with Gasteiger partial charge in [0.05, 0.1) is 6.61 Å². The van der Waals surface area contributed by atoms with Gasteiger partial charge in [-0.3, -0.25) is 0 Å². The molecule has 1 N–H and O–H groups in total. The summed E-state index contributed by atoms with van der Waals surface area (Å²) in [5.41, 5.74) is 0. The van der Waals surface area contributed by atoms with Gasteiger partial charge in [0, 0.05) is 18.8 Å². The van der Waals surface area contributed by atoms with Crippen LogP contribution < -0.4 is 10.1 Å². The summed E-state index contributed by atoms with van der Waals surface area (Å²) < 4.78 is 5.53. The molecular weight excluding hydrogens is 178 g/mol. The van der Waals surface area contributed by atoms with E-state index in [0.29, 0.717) is 11.8 Å². The third-order valence-corrected chi connectivity index (χ3v) is 2.13. The van der Waals surface area contributed by atoms with Crippen molar-refractivity contribution < 1.29 is 4.74 Å². The van der Waals surface area contributed by atoms with Crippen LogP contribution in [-0.2, 0) is 0 Å². The number of aromatic nitrogens is 2. The lowest BCUT2D eigenvalue weighted by molar-refractivity contribution is 0.288. The highest BCUT2D eigenvalue weighted by atomic mass is 16.5. The van der Waals surface area contributed by atoms with Crippen LogP contribution >= 0.6 is 0 Å². The van der Waals surface area contributed by atoms with E-state index in [1.165, 1.54) is 12.8 Å². The van der Waals surface area contributed by atoms with Crippen molar-refractivity contribution in [3.63, 3.8) is 0 Å². The van der Waals surface area contributed by atoms with Crippen LogP contribution in [0.25, 0.3) is 0 Å². The van der Waals surface area contributed by atoms with E-state index in [0.717, 1.165) is 19.1 Å². The van der Waals surface area contributed by atoms with Crippen molar-refractivity contribution in [1.82, 2.24) is 9.97 Å². The minimum atomic E-state index is 0.640. The maximum absolute atomic E-state index is 5.53. The summed E-state index contributed by atoms with van der Waals surface area (Å²) in [6, 6.07) is 1.79. The molecule has 1 fully saturated rings. The average molecular weight is 193 g/mol. The van der Waals surface area contributed by atoms with E-state index in [2.05, 4.69) is 15.3 Å². The molecule has 0 atom stereocenters. The quantitative estimate of drug-likeness (QED) is 0.773. The minimum Gasteiger partial charge on any atom is -0.477 e. The van der Waals surface area contributed by atoms with Crippen LogP contribution in [0.15, 0.2) is 12.3 Å². The van der Waals surface area contributed by atoms with Gasteiger partial charge in [0.15, 0.2) is 0 Å². The Morgan fingerprint density at radius 3 is 3.14 bits per heavy atom. The summed E-state index contributed by atoms with van der Waals surface area (Å²) in [5, 5.41) is 3.05. The van der Waals surface area contributed by atoms with E-state index in [1.54, 1.807) is 12.3 Å². The molecule has 4 nitrogen and oxygen atoms in total. The van der Waals surface area contributed by atoms with Gasteiger partial charge < -0.3 is 10.1 Å². The predicted octanol–water partition coefficient (Wildman–Crippen LogP) is 1.70. The Labute approximate surface area is 83.7 Å². The molecule has 0 saturated heterocycles. The molecule has 1 aliphatic rings. The van der Waals surface area contributed by atoms with Crippen molar-refractivity contribution in [3.05, 3.63) is 12.3 Å². The third kappa shape index (κ3) is 2.58. The Morgan fingerprint density at radius 1 is 1.57 bits per heavy atom. The highest BCUT2D eigenvalue weighted by Crippen LogP contribution is 2.29. The molecular formula is C10H15N3O. The van der Waals surface area contributed by atoms with Gasteiger partial charge in [0.2, 0.25) is 11.8 Å². The number of rotatable bonds is 5. The SMILES string of the molecule is CCNc1nccc(OCC2CC2)n1. The Kier molecular flexibility index (Phi) is 2.81. The normalized spacial score (nSPS) is 15.2. The van der Waals surface area contributed by atoms with Gasteiger partial charge in [0.1, 0.15) is 0 Å². The maximum atomic E-state index is 5.53. The Bertz CT molecular complexity index is 299. The number of hydrogen-bond donors (Lipinski definition) is 1. The first-order chi connectivity index (χ1) is 6.88. The second-order valence-corrected chi connectivity index (χ2v) is 3.50. The van der Waals surface area contributed by atoms with Crippen molar-refractivity contribution in [2.45, 2.75) is 19.8 Å². The van der Waals surface area contributed by atoms with E-state index in [4.69, 9.17) is 4.74 Å². The van der Waals surface area contributed by atoms with Crippen molar-refractivity contribution in [2.75, 3.05) is 18.5 Å². The lowest BCUT2D eigenvalue weighted by Crippen LogP contribution is -2.05. The molecule has 76 valence electrons. The second-order valence-electron chi connectivity index (χ2n) is 3.50. The largest absolute Gasteiger partial charge is 0.477 e. The first-order valence-corrected chi connectivity index (χ1v) is 5.08. The molecule has 0 bridgehead atoms. The number of ether oxygens (including phenoxy) is 1. The molecule has 0 radical (unpaired) electrons. The summed E-state index contributed by atoms with van der Waals surface area (Å²) in [4.78, 5) is 8.29. The van der Waals surface area contributed by atoms with Crippen molar-refractivity contribution in [2.24, 2.45) is 5.92 Å². The van der Waals surface area contributed by atoms with E-state index in [9.17, 15) is 0 Å². The third-order valence-electron chi connectivity index (χ3n) is 2.13. The zero-order chi connectivity index (χ0) is 9.80. The molecule has 1 heterocycles. The van der Waals surface area contributed by atoms with Crippen molar-refractivity contribution >= 4 is 5.95 Å². The van der Waals surface area contributed by atoms with E-state index in [-0.39, 0.29) is 0 Å². The monoisotopic (exact) mass is 193 g/mol. The van der Waals surface area contributed by atoms with Crippen LogP contribution in [0.1, 0.15) is 19.8 Å². The Balaban J connectivity index is 1.90. The molecule has 0 aromatic carbocycles. The molecule has 1 aliphatic carbocycles. The molecule has 1 aromatic heterocycles. The van der Waals surface area contributed by atoms with Gasteiger partial charge in [-0.2, -0.15) is 4.98 Å². The summed E-state index contributed by atoms with van der Waals surface area (Å²) in [6.07, 6.45) is 4.31. The van der Waals surface area contributed by atoms with Gasteiger partial charge in [-0.05, 0) is 25.7 Å². The molecule has 0 unspecified atom stereocenters. The fourth-order valence-electron chi connectivity index (χ4n) is 1.15. The zero-order valence-corrected chi connectivity index (χ0v) is 8.36. The highest BCUT2D eigenvalue weighted by Gasteiger charge is 2.22. The van der Waals surface area contributed by atoms with Gasteiger partial charge in [-0.25, -0.2) is 4.98 Å². The molecule has 4 heteroatoms. The van der Waals surface area contributed by atoms with E-state index < -0.39 is 0 Å². The Morgan fingerprint density at radius 2 is 2.43 bits per heavy atom. The smallest absolute Gasteiger partial charge is 0.225 e. The standard InChI is InChI=1S/C10H15N3O/c1-2-11-10-12-6-5-9(13-10)14-7-8-3-4-8/h5-6,8H,2-4,7H2,1H3,(H,11,12,13). The summed E-state index contributed by atoms with van der Waals surface area (Å²) in [5.74, 6) is 2.07. The van der Waals surface area contributed by atoms with Crippen molar-refractivity contribution in [1.29, 1.82) is 0 Å². The van der Waals surface area contributed by atoms with E-state index >= 15 is 0 Å². The van der Waals surface area contributed by atoms with Crippen LogP contribution in [0, 0.1) is 5.92 Å². The average Bonchev–Trinajstić information content (AvgIpc) is 2.99. The zero-order valence-electron chi connectivity index (χ0n) is 8.36. The first-order valence-electron chi connectivity index (χ1n) is 5.08. The summed E-state index contributed by atoms with van der Waals surface area (Å²) in [6.45, 7) is 3.63. The van der Waals surface area contributed by atoms with Crippen LogP contribution in [0.2, 0.25) is 0 Å². The first kappa shape index (κ1) is 9.24. The number of hydrogen-bond acceptors (Lipinski definition) is 4. The molecule has 14 heavy (non-hydrogen) atoms. The fourth-order valence-corrected chi connectivity index (χ4v) is 1.15. The van der Waals surface area contributed by atoms with Crippen LogP contribution in [0.4, 0.5) is 5.95 Å². The molecule has 1 aromatic rings. The molecule has 0 aliphatic heterocycles. The van der Waals surface area contributed by atoms with Gasteiger partial charge in [-0.15, -0.1) is 0 Å². The van der Waals surface area contributed by atoms with E-state index in [1.807, 2.05) is 6.92 Å². The highest BCUT2D eigenvalue weighted by molar-refractivity contribution is 5.26. The predicted molar refractivity (Wildman–Crippen MR) is 54.4 cm³/mol. The van der Waals surface area contributed by atoms with Crippen LogP contribution in [-0.4, -0.2) is 23.1 Å². The maximum Gasteiger partial charge on any atom is 0.225 e. The van der Waals surface area contributed by atoms with Crippen molar-refractivity contribution in [3.8, 4) is 5.88 Å². The number of anilines is 1. The number of nitrogens with zero attached hydrogens (tertiary/aromatic N) is 2. The Hall–Kier alpha value is -1.32. The molecule has 1 saturated carbocycles. The second kappa shape index (κ2) is 4.26. The van der Waals surface area contributed by atoms with Crippen LogP contribution in [0.5, 0.6) is 5.88 Å². The lowest BCUT2D eigenvalue weighted by Gasteiger charge is -2.05. The molecule has 2 rings (SSSR count).